The molecule has 7 nitrogen and oxygen atoms in total. The number of carbonyl (C=O) groups excluding carboxylic acids is 2. The summed E-state index contributed by atoms with van der Waals surface area (Å²) in [6.45, 7) is -0.258. The minimum absolute atomic E-state index is 0.0159. The van der Waals surface area contributed by atoms with Gasteiger partial charge in [0.05, 0.1) is 4.88 Å². The molecule has 0 aliphatic carbocycles. The van der Waals surface area contributed by atoms with Crippen molar-refractivity contribution in [1.82, 2.24) is 10.6 Å². The lowest BCUT2D eigenvalue weighted by molar-refractivity contribution is -0.139. The maximum atomic E-state index is 12.4. The number of aliphatic carboxylic acids is 1. The third-order valence-electron chi connectivity index (χ3n) is 4.00. The first-order valence-electron chi connectivity index (χ1n) is 8.60. The number of benzene rings is 2. The number of carboxylic acids is 1. The number of alkyl carbamates (subject to hydrolysis) is 1. The lowest BCUT2D eigenvalue weighted by Gasteiger charge is -2.15. The van der Waals surface area contributed by atoms with Gasteiger partial charge >= 0.3 is 12.1 Å². The fraction of sp³-hybridized carbons (Fsp3) is 0.150. The van der Waals surface area contributed by atoms with E-state index in [4.69, 9.17) is 4.74 Å². The molecule has 1 atom stereocenters. The lowest BCUT2D eigenvalue weighted by atomic mass is 10.2. The van der Waals surface area contributed by atoms with Gasteiger partial charge in [-0.05, 0) is 23.8 Å². The quantitative estimate of drug-likeness (QED) is 0.481. The number of hydrogen-bond acceptors (Lipinski definition) is 5. The average Bonchev–Trinajstić information content (AvgIpc) is 3.16. The number of hydrogen-bond donors (Lipinski definition) is 3. The number of thiophene rings is 1. The Morgan fingerprint density at radius 2 is 1.86 bits per heavy atom. The number of rotatable bonds is 7. The van der Waals surface area contributed by atoms with Gasteiger partial charge < -0.3 is 20.5 Å². The van der Waals surface area contributed by atoms with Gasteiger partial charge in [-0.3, -0.25) is 4.79 Å². The molecule has 29 heavy (non-hydrogen) atoms. The van der Waals surface area contributed by atoms with Crippen molar-refractivity contribution in [1.29, 1.82) is 0 Å². The van der Waals surface area contributed by atoms with Gasteiger partial charge in [-0.2, -0.15) is 0 Å². The summed E-state index contributed by atoms with van der Waals surface area (Å²) in [6, 6.07) is 15.1. The molecule has 3 N–H and O–H groups in total. The predicted octanol–water partition coefficient (Wildman–Crippen LogP) is 3.77. The SMILES string of the molecule is O=C(NC(CNC(=O)c1cc2c(Br)cccc2s1)C(=O)O)OCc1ccccc1. The molecule has 3 rings (SSSR count). The summed E-state index contributed by atoms with van der Waals surface area (Å²) in [5.41, 5.74) is 0.777. The predicted molar refractivity (Wildman–Crippen MR) is 113 cm³/mol. The van der Waals surface area contributed by atoms with E-state index < -0.39 is 24.0 Å². The normalized spacial score (nSPS) is 11.6. The minimum atomic E-state index is -1.32. The molecule has 0 fully saturated rings. The first kappa shape index (κ1) is 20.8. The van der Waals surface area contributed by atoms with Gasteiger partial charge in [0, 0.05) is 21.1 Å². The summed E-state index contributed by atoms with van der Waals surface area (Å²) in [5.74, 6) is -1.69. The molecule has 1 heterocycles. The molecule has 3 aromatic rings. The molecule has 0 spiro atoms. The Labute approximate surface area is 178 Å². The smallest absolute Gasteiger partial charge is 0.408 e. The second-order valence-electron chi connectivity index (χ2n) is 6.07. The van der Waals surface area contributed by atoms with Crippen LogP contribution in [-0.2, 0) is 16.1 Å². The molecule has 0 aliphatic heterocycles. The highest BCUT2D eigenvalue weighted by Gasteiger charge is 2.22. The van der Waals surface area contributed by atoms with Crippen LogP contribution in [0.25, 0.3) is 10.1 Å². The molecule has 0 saturated heterocycles. The van der Waals surface area contributed by atoms with E-state index in [0.717, 1.165) is 20.1 Å². The Morgan fingerprint density at radius 3 is 2.55 bits per heavy atom. The van der Waals surface area contributed by atoms with E-state index >= 15 is 0 Å². The van der Waals surface area contributed by atoms with E-state index in [-0.39, 0.29) is 13.2 Å². The van der Waals surface area contributed by atoms with Crippen molar-refractivity contribution in [2.45, 2.75) is 12.6 Å². The standard InChI is InChI=1S/C20H17BrN2O5S/c21-14-7-4-8-16-13(14)9-17(29-16)18(24)22-10-15(19(25)26)23-20(27)28-11-12-5-2-1-3-6-12/h1-9,15H,10-11H2,(H,22,24)(H,23,27)(H,25,26). The van der Waals surface area contributed by atoms with Crippen LogP contribution in [0.4, 0.5) is 4.79 Å². The maximum Gasteiger partial charge on any atom is 0.408 e. The van der Waals surface area contributed by atoms with Crippen LogP contribution in [0.5, 0.6) is 0 Å². The summed E-state index contributed by atoms with van der Waals surface area (Å²) in [7, 11) is 0. The number of nitrogens with one attached hydrogen (secondary N) is 2. The fourth-order valence-corrected chi connectivity index (χ4v) is 4.14. The third kappa shape index (κ3) is 5.55. The number of amides is 2. The van der Waals surface area contributed by atoms with E-state index in [0.29, 0.717) is 4.88 Å². The zero-order valence-electron chi connectivity index (χ0n) is 15.1. The summed E-state index contributed by atoms with van der Waals surface area (Å²) < 4.78 is 6.83. The summed E-state index contributed by atoms with van der Waals surface area (Å²) >= 11 is 4.73. The zero-order chi connectivity index (χ0) is 20.8. The molecule has 2 amide bonds. The highest BCUT2D eigenvalue weighted by Crippen LogP contribution is 2.31. The Morgan fingerprint density at radius 1 is 1.10 bits per heavy atom. The molecule has 0 radical (unpaired) electrons. The molecular formula is C20H17BrN2O5S. The van der Waals surface area contributed by atoms with E-state index in [9.17, 15) is 19.5 Å². The number of fused-ring (bicyclic) bond motifs is 1. The number of halogens is 1. The third-order valence-corrected chi connectivity index (χ3v) is 5.79. The second kappa shape index (κ2) is 9.53. The van der Waals surface area contributed by atoms with Crippen molar-refractivity contribution in [3.05, 3.63) is 69.5 Å². The molecular weight excluding hydrogens is 460 g/mol. The van der Waals surface area contributed by atoms with Gasteiger partial charge in [-0.25, -0.2) is 9.59 Å². The van der Waals surface area contributed by atoms with Crippen LogP contribution in [0.15, 0.2) is 59.1 Å². The van der Waals surface area contributed by atoms with E-state index in [1.807, 2.05) is 24.3 Å². The summed E-state index contributed by atoms with van der Waals surface area (Å²) in [4.78, 5) is 36.2. The van der Waals surface area contributed by atoms with E-state index in [1.165, 1.54) is 11.3 Å². The largest absolute Gasteiger partial charge is 0.480 e. The van der Waals surface area contributed by atoms with Crippen LogP contribution in [0, 0.1) is 0 Å². The van der Waals surface area contributed by atoms with Crippen LogP contribution >= 0.6 is 27.3 Å². The van der Waals surface area contributed by atoms with Crippen molar-refractivity contribution in [2.24, 2.45) is 0 Å². The molecule has 2 aromatic carbocycles. The number of carboxylic acid groups (broad SMARTS) is 1. The Hall–Kier alpha value is -2.91. The Balaban J connectivity index is 1.55. The Kier molecular flexibility index (Phi) is 6.84. The van der Waals surface area contributed by atoms with Crippen molar-refractivity contribution < 1.29 is 24.2 Å². The van der Waals surface area contributed by atoms with E-state index in [2.05, 4.69) is 26.6 Å². The minimum Gasteiger partial charge on any atom is -0.480 e. The van der Waals surface area contributed by atoms with E-state index in [1.54, 1.807) is 30.3 Å². The highest BCUT2D eigenvalue weighted by atomic mass is 79.9. The van der Waals surface area contributed by atoms with Crippen molar-refractivity contribution in [3.63, 3.8) is 0 Å². The van der Waals surface area contributed by atoms with Gasteiger partial charge in [-0.1, -0.05) is 52.3 Å². The molecule has 0 saturated carbocycles. The fourth-order valence-electron chi connectivity index (χ4n) is 2.53. The van der Waals surface area contributed by atoms with Gasteiger partial charge in [0.25, 0.3) is 5.91 Å². The number of ether oxygens (including phenoxy) is 1. The van der Waals surface area contributed by atoms with Gasteiger partial charge in [0.1, 0.15) is 12.6 Å². The van der Waals surface area contributed by atoms with Gasteiger partial charge in [0.15, 0.2) is 0 Å². The van der Waals surface area contributed by atoms with Crippen LogP contribution in [0.1, 0.15) is 15.2 Å². The second-order valence-corrected chi connectivity index (χ2v) is 8.01. The summed E-state index contributed by atoms with van der Waals surface area (Å²) in [5, 5.41) is 15.0. The van der Waals surface area contributed by atoms with Crippen LogP contribution < -0.4 is 10.6 Å². The average molecular weight is 477 g/mol. The first-order valence-corrected chi connectivity index (χ1v) is 10.2. The van der Waals surface area contributed by atoms with Gasteiger partial charge in [-0.15, -0.1) is 11.3 Å². The van der Waals surface area contributed by atoms with Crippen molar-refractivity contribution in [3.8, 4) is 0 Å². The summed E-state index contributed by atoms with van der Waals surface area (Å²) in [6.07, 6.45) is -0.874. The lowest BCUT2D eigenvalue weighted by Crippen LogP contribution is -2.48. The molecule has 0 aliphatic rings. The topological polar surface area (TPSA) is 105 Å². The Bertz CT molecular complexity index is 1040. The molecule has 150 valence electrons. The first-order chi connectivity index (χ1) is 13.9. The van der Waals surface area contributed by atoms with Gasteiger partial charge in [0.2, 0.25) is 0 Å². The monoisotopic (exact) mass is 476 g/mol. The maximum absolute atomic E-state index is 12.4. The molecule has 0 bridgehead atoms. The van der Waals surface area contributed by atoms with Crippen LogP contribution in [0.3, 0.4) is 0 Å². The number of carbonyl (C=O) groups is 3. The van der Waals surface area contributed by atoms with Crippen molar-refractivity contribution in [2.75, 3.05) is 6.54 Å². The molecule has 9 heteroatoms. The highest BCUT2D eigenvalue weighted by molar-refractivity contribution is 9.10. The molecule has 1 unspecified atom stereocenters. The zero-order valence-corrected chi connectivity index (χ0v) is 17.5. The van der Waals surface area contributed by atoms with Crippen molar-refractivity contribution >= 4 is 55.3 Å². The van der Waals surface area contributed by atoms with Crippen LogP contribution in [0.2, 0.25) is 0 Å². The molecule has 1 aromatic heterocycles. The van der Waals surface area contributed by atoms with Crippen LogP contribution in [-0.4, -0.2) is 35.7 Å².